The zero-order chi connectivity index (χ0) is 30.0. The van der Waals surface area contributed by atoms with Crippen LogP contribution in [0, 0.1) is 0 Å². The van der Waals surface area contributed by atoms with Crippen LogP contribution < -0.4 is 11.1 Å². The maximum Gasteiger partial charge on any atom is 0.253 e. The van der Waals surface area contributed by atoms with E-state index in [1.54, 1.807) is 42.9 Å². The number of benzene rings is 2. The number of aromatic nitrogens is 4. The second kappa shape index (κ2) is 12.0. The molecule has 2 heterocycles. The molecular formula is C30H39N9O3. The van der Waals surface area contributed by atoms with Crippen molar-refractivity contribution in [2.45, 2.75) is 43.7 Å². The lowest BCUT2D eigenvalue weighted by Crippen LogP contribution is -2.45. The first-order valence-corrected chi connectivity index (χ1v) is 14.3. The van der Waals surface area contributed by atoms with Gasteiger partial charge in [0.05, 0.1) is 18.1 Å². The molecule has 0 unspecified atom stereocenters. The molecule has 0 radical (unpaired) electrons. The summed E-state index contributed by atoms with van der Waals surface area (Å²) in [5, 5.41) is 18.9. The Kier molecular flexibility index (Phi) is 8.37. The highest BCUT2D eigenvalue weighted by Gasteiger charge is 2.44. The van der Waals surface area contributed by atoms with Crippen LogP contribution in [0.5, 0.6) is 0 Å². The van der Waals surface area contributed by atoms with E-state index in [4.69, 9.17) is 5.73 Å². The van der Waals surface area contributed by atoms with Gasteiger partial charge in [-0.25, -0.2) is 0 Å². The van der Waals surface area contributed by atoms with E-state index >= 15 is 0 Å². The Morgan fingerprint density at radius 3 is 2.07 bits per heavy atom. The third-order valence-electron chi connectivity index (χ3n) is 8.40. The van der Waals surface area contributed by atoms with Gasteiger partial charge in [0, 0.05) is 45.9 Å². The van der Waals surface area contributed by atoms with E-state index < -0.39 is 5.41 Å². The first-order chi connectivity index (χ1) is 20.1. The number of carbonyl (C=O) groups excluding carboxylic acids is 3. The van der Waals surface area contributed by atoms with Gasteiger partial charge in [-0.2, -0.15) is 5.21 Å². The molecule has 2 aromatic carbocycles. The summed E-state index contributed by atoms with van der Waals surface area (Å²) in [7, 11) is 6.94. The van der Waals surface area contributed by atoms with Crippen LogP contribution in [0.1, 0.15) is 68.1 Å². The van der Waals surface area contributed by atoms with Gasteiger partial charge < -0.3 is 25.8 Å². The molecule has 4 N–H and O–H groups in total. The number of tetrazole rings is 1. The Bertz CT molecular complexity index is 1400. The molecule has 42 heavy (non-hydrogen) atoms. The summed E-state index contributed by atoms with van der Waals surface area (Å²) >= 11 is 0. The highest BCUT2D eigenvalue weighted by atomic mass is 16.2. The highest BCUT2D eigenvalue weighted by molar-refractivity contribution is 5.95. The zero-order valence-corrected chi connectivity index (χ0v) is 24.7. The number of amides is 3. The predicted octanol–water partition coefficient (Wildman–Crippen LogP) is 0.923. The first kappa shape index (κ1) is 29.3. The molecule has 1 atom stereocenters. The van der Waals surface area contributed by atoms with Crippen molar-refractivity contribution < 1.29 is 14.4 Å². The molecule has 3 amide bonds. The van der Waals surface area contributed by atoms with E-state index in [1.165, 1.54) is 0 Å². The fraction of sp³-hybridized carbons (Fsp3) is 0.467. The van der Waals surface area contributed by atoms with Crippen molar-refractivity contribution in [2.75, 3.05) is 47.8 Å². The normalized spacial score (nSPS) is 17.3. The first-order valence-electron chi connectivity index (χ1n) is 14.3. The van der Waals surface area contributed by atoms with E-state index in [0.717, 1.165) is 35.1 Å². The predicted molar refractivity (Wildman–Crippen MR) is 157 cm³/mol. The number of H-pyrrole nitrogens is 1. The van der Waals surface area contributed by atoms with Crippen molar-refractivity contribution in [1.82, 2.24) is 40.6 Å². The third kappa shape index (κ3) is 5.39. The largest absolute Gasteiger partial charge is 0.345 e. The lowest BCUT2D eigenvalue weighted by molar-refractivity contribution is -0.130. The van der Waals surface area contributed by atoms with Gasteiger partial charge in [-0.05, 0) is 85.2 Å². The number of hydrogen-bond donors (Lipinski definition) is 3. The summed E-state index contributed by atoms with van der Waals surface area (Å²) in [6.07, 6.45) is 3.33. The number of nitrogens with one attached hydrogen (secondary N) is 2. The summed E-state index contributed by atoms with van der Waals surface area (Å²) in [6.45, 7) is 1.32. The minimum absolute atomic E-state index is 0.0195. The monoisotopic (exact) mass is 573 g/mol. The molecule has 0 saturated carbocycles. The van der Waals surface area contributed by atoms with Crippen molar-refractivity contribution in [1.29, 1.82) is 0 Å². The van der Waals surface area contributed by atoms with Crippen molar-refractivity contribution in [3.05, 3.63) is 75.6 Å². The number of hydrogen-bond acceptors (Lipinski definition) is 8. The van der Waals surface area contributed by atoms with Crippen molar-refractivity contribution in [3.8, 4) is 0 Å². The molecule has 1 aliphatic heterocycles. The molecule has 5 rings (SSSR count). The maximum absolute atomic E-state index is 12.9. The molecule has 1 aromatic heterocycles. The number of fused-ring (bicyclic) bond motifs is 2. The molecule has 1 saturated heterocycles. The molecular weight excluding hydrogens is 534 g/mol. The van der Waals surface area contributed by atoms with Crippen molar-refractivity contribution >= 4 is 17.7 Å². The molecule has 1 aliphatic carbocycles. The maximum atomic E-state index is 12.9. The van der Waals surface area contributed by atoms with Gasteiger partial charge in [-0.3, -0.25) is 14.4 Å². The van der Waals surface area contributed by atoms with E-state index in [-0.39, 0.29) is 30.4 Å². The zero-order valence-electron chi connectivity index (χ0n) is 24.7. The van der Waals surface area contributed by atoms with Crippen LogP contribution >= 0.6 is 0 Å². The minimum atomic E-state index is -0.854. The van der Waals surface area contributed by atoms with Gasteiger partial charge in [-0.1, -0.05) is 17.3 Å². The highest BCUT2D eigenvalue weighted by Crippen LogP contribution is 2.46. The smallest absolute Gasteiger partial charge is 0.253 e. The Balaban J connectivity index is 1.58. The second-order valence-corrected chi connectivity index (χ2v) is 11.5. The van der Waals surface area contributed by atoms with E-state index in [0.29, 0.717) is 49.3 Å². The summed E-state index contributed by atoms with van der Waals surface area (Å²) in [5.41, 5.74) is 10.4. The van der Waals surface area contributed by atoms with Gasteiger partial charge in [0.15, 0.2) is 5.82 Å². The van der Waals surface area contributed by atoms with Crippen LogP contribution in [0.15, 0.2) is 36.4 Å². The summed E-state index contributed by atoms with van der Waals surface area (Å²) < 4.78 is 0. The Labute approximate surface area is 245 Å². The van der Waals surface area contributed by atoms with Crippen LogP contribution in [-0.2, 0) is 23.1 Å². The minimum Gasteiger partial charge on any atom is -0.345 e. The fourth-order valence-corrected chi connectivity index (χ4v) is 6.27. The fourth-order valence-electron chi connectivity index (χ4n) is 6.27. The van der Waals surface area contributed by atoms with Gasteiger partial charge in [0.25, 0.3) is 11.8 Å². The number of aromatic amines is 1. The quantitative estimate of drug-likeness (QED) is 0.336. The molecule has 0 bridgehead atoms. The number of likely N-dealkylation sites (tertiary alicyclic amines) is 1. The summed E-state index contributed by atoms with van der Waals surface area (Å²) in [4.78, 5) is 43.5. The molecule has 222 valence electrons. The SMILES string of the molecule is CN(C)C(=O)c1ccc2c(c1)CCc1cc(C(=O)N(C)C)ccc1C2(CCNCC(=O)N1CCC[C@H]1N)c1nn[nH]n1. The average Bonchev–Trinajstić information content (AvgIpc) is 3.65. The molecule has 3 aromatic rings. The van der Waals surface area contributed by atoms with Crippen LogP contribution in [0.3, 0.4) is 0 Å². The average molecular weight is 574 g/mol. The summed E-state index contributed by atoms with van der Waals surface area (Å²) in [6, 6.07) is 11.6. The Morgan fingerprint density at radius 1 is 1.00 bits per heavy atom. The van der Waals surface area contributed by atoms with Crippen LogP contribution in [0.2, 0.25) is 0 Å². The van der Waals surface area contributed by atoms with Gasteiger partial charge in [0.1, 0.15) is 0 Å². The topological polar surface area (TPSA) is 153 Å². The van der Waals surface area contributed by atoms with E-state index in [2.05, 4.69) is 25.9 Å². The van der Waals surface area contributed by atoms with Crippen LogP contribution in [0.4, 0.5) is 0 Å². The van der Waals surface area contributed by atoms with E-state index in [1.807, 2.05) is 36.4 Å². The number of aryl methyl sites for hydroxylation is 2. The number of rotatable bonds is 8. The van der Waals surface area contributed by atoms with Crippen LogP contribution in [0.25, 0.3) is 0 Å². The van der Waals surface area contributed by atoms with E-state index in [9.17, 15) is 14.4 Å². The van der Waals surface area contributed by atoms with Crippen molar-refractivity contribution in [2.24, 2.45) is 5.73 Å². The number of nitrogens with zero attached hydrogens (tertiary/aromatic N) is 6. The second-order valence-electron chi connectivity index (χ2n) is 11.5. The number of nitrogens with two attached hydrogens (primary N) is 1. The van der Waals surface area contributed by atoms with Gasteiger partial charge >= 0.3 is 0 Å². The molecule has 0 spiro atoms. The molecule has 12 nitrogen and oxygen atoms in total. The van der Waals surface area contributed by atoms with Crippen molar-refractivity contribution in [3.63, 3.8) is 0 Å². The number of carbonyl (C=O) groups is 3. The molecule has 12 heteroatoms. The Morgan fingerprint density at radius 2 is 1.60 bits per heavy atom. The Hall–Kier alpha value is -4.16. The standard InChI is InChI=1S/C30H39N9O3/c1-37(2)27(41)21-9-11-23-19(16-21)7-8-20-17-22(28(42)38(3)4)10-12-24(20)30(23,29-33-35-36-34-29)13-14-32-18-26(40)39-15-5-6-25(39)31/h9-12,16-17,25,32H,5-8,13-15,18,31H2,1-4H3,(H,33,34,35,36)/t25-/m0/s1. The van der Waals surface area contributed by atoms with Crippen LogP contribution in [-0.4, -0.2) is 107 Å². The third-order valence-corrected chi connectivity index (χ3v) is 8.40. The lowest BCUT2D eigenvalue weighted by atomic mass is 9.69. The molecule has 1 fully saturated rings. The lowest BCUT2D eigenvalue weighted by Gasteiger charge is -2.34. The van der Waals surface area contributed by atoms with Gasteiger partial charge in [-0.15, -0.1) is 10.2 Å². The van der Waals surface area contributed by atoms with Gasteiger partial charge in [0.2, 0.25) is 5.91 Å². The summed E-state index contributed by atoms with van der Waals surface area (Å²) in [5.74, 6) is 0.307. The molecule has 2 aliphatic rings.